The van der Waals surface area contributed by atoms with Crippen LogP contribution in [0.3, 0.4) is 0 Å². The third-order valence-electron chi connectivity index (χ3n) is 2.61. The summed E-state index contributed by atoms with van der Waals surface area (Å²) in [7, 11) is 0. The fourth-order valence-corrected chi connectivity index (χ4v) is 1.74. The van der Waals surface area contributed by atoms with Crippen molar-refractivity contribution in [2.75, 3.05) is 6.61 Å². The van der Waals surface area contributed by atoms with Gasteiger partial charge in [-0.1, -0.05) is 15.9 Å². The van der Waals surface area contributed by atoms with Crippen LogP contribution < -0.4 is 4.74 Å². The largest absolute Gasteiger partial charge is 0.493 e. The van der Waals surface area contributed by atoms with Gasteiger partial charge < -0.3 is 4.74 Å². The third kappa shape index (κ3) is 4.15. The molecule has 0 radical (unpaired) electrons. The monoisotopic (exact) mass is 309 g/mol. The molecule has 0 amide bonds. The minimum atomic E-state index is -0.411. The molecule has 0 fully saturated rings. The number of ketones is 1. The zero-order valence-electron chi connectivity index (χ0n) is 10.8. The van der Waals surface area contributed by atoms with Crippen molar-refractivity contribution in [3.63, 3.8) is 0 Å². The van der Waals surface area contributed by atoms with E-state index in [0.29, 0.717) is 24.3 Å². The van der Waals surface area contributed by atoms with E-state index in [1.165, 1.54) is 6.92 Å². The van der Waals surface area contributed by atoms with E-state index in [4.69, 9.17) is 10.00 Å². The summed E-state index contributed by atoms with van der Waals surface area (Å²) in [6.45, 7) is 5.66. The lowest BCUT2D eigenvalue weighted by molar-refractivity contribution is 0.101. The molecule has 0 aliphatic heterocycles. The highest BCUT2D eigenvalue weighted by molar-refractivity contribution is 9.10. The van der Waals surface area contributed by atoms with Gasteiger partial charge in [-0.2, -0.15) is 5.26 Å². The van der Waals surface area contributed by atoms with Gasteiger partial charge in [0, 0.05) is 4.47 Å². The van der Waals surface area contributed by atoms with Gasteiger partial charge in [0.1, 0.15) is 5.75 Å². The standard InChI is InChI=1S/C14H16BrNO2/c1-10(17)12-8-11(15)4-5-13(12)18-7-6-14(2,3)9-16/h4-5,8H,6-7H2,1-3H3. The molecule has 0 aromatic heterocycles. The number of ether oxygens (including phenoxy) is 1. The van der Waals surface area contributed by atoms with Gasteiger partial charge in [-0.3, -0.25) is 4.79 Å². The van der Waals surface area contributed by atoms with E-state index in [9.17, 15) is 4.79 Å². The number of hydrogen-bond donors (Lipinski definition) is 0. The molecule has 0 unspecified atom stereocenters. The van der Waals surface area contributed by atoms with Gasteiger partial charge in [0.25, 0.3) is 0 Å². The second-order valence-electron chi connectivity index (χ2n) is 4.79. The molecule has 1 aromatic rings. The maximum atomic E-state index is 11.5. The summed E-state index contributed by atoms with van der Waals surface area (Å²) in [6, 6.07) is 7.56. The molecule has 1 aromatic carbocycles. The highest BCUT2D eigenvalue weighted by atomic mass is 79.9. The van der Waals surface area contributed by atoms with Gasteiger partial charge >= 0.3 is 0 Å². The third-order valence-corrected chi connectivity index (χ3v) is 3.10. The van der Waals surface area contributed by atoms with Crippen LogP contribution in [-0.2, 0) is 0 Å². The van der Waals surface area contributed by atoms with Crippen LogP contribution >= 0.6 is 15.9 Å². The van der Waals surface area contributed by atoms with Crippen LogP contribution in [0, 0.1) is 16.7 Å². The zero-order valence-corrected chi connectivity index (χ0v) is 12.4. The lowest BCUT2D eigenvalue weighted by Gasteiger charge is -2.16. The van der Waals surface area contributed by atoms with E-state index in [-0.39, 0.29) is 5.78 Å². The van der Waals surface area contributed by atoms with Gasteiger partial charge in [0.05, 0.1) is 23.7 Å². The number of Topliss-reactive ketones (excluding diaryl/α,β-unsaturated/α-hetero) is 1. The Balaban J connectivity index is 2.74. The Labute approximate surface area is 116 Å². The Kier molecular flexibility index (Phi) is 4.92. The minimum absolute atomic E-state index is 0.0363. The number of nitrogens with zero attached hydrogens (tertiary/aromatic N) is 1. The molecule has 1 rings (SSSR count). The Morgan fingerprint density at radius 2 is 2.17 bits per heavy atom. The lowest BCUT2D eigenvalue weighted by Crippen LogP contribution is -2.14. The molecule has 0 saturated heterocycles. The Morgan fingerprint density at radius 1 is 1.50 bits per heavy atom. The van der Waals surface area contributed by atoms with Crippen molar-refractivity contribution in [1.82, 2.24) is 0 Å². The van der Waals surface area contributed by atoms with Crippen LogP contribution in [0.25, 0.3) is 0 Å². The molecule has 0 heterocycles. The summed E-state index contributed by atoms with van der Waals surface area (Å²) >= 11 is 3.32. The van der Waals surface area contributed by atoms with Crippen LogP contribution in [-0.4, -0.2) is 12.4 Å². The van der Waals surface area contributed by atoms with Gasteiger partial charge in [-0.05, 0) is 45.4 Å². The van der Waals surface area contributed by atoms with Crippen molar-refractivity contribution in [1.29, 1.82) is 5.26 Å². The molecule has 96 valence electrons. The van der Waals surface area contributed by atoms with Gasteiger partial charge in [-0.15, -0.1) is 0 Å². The molecule has 3 nitrogen and oxygen atoms in total. The van der Waals surface area contributed by atoms with Gasteiger partial charge in [0.2, 0.25) is 0 Å². The molecule has 0 atom stereocenters. The van der Waals surface area contributed by atoms with E-state index in [0.717, 1.165) is 4.47 Å². The van der Waals surface area contributed by atoms with Crippen LogP contribution in [0.5, 0.6) is 5.75 Å². The fourth-order valence-electron chi connectivity index (χ4n) is 1.38. The molecule has 0 aliphatic rings. The maximum absolute atomic E-state index is 11.5. The highest BCUT2D eigenvalue weighted by Gasteiger charge is 2.17. The van der Waals surface area contributed by atoms with Gasteiger partial charge in [0.15, 0.2) is 5.78 Å². The smallest absolute Gasteiger partial charge is 0.163 e. The van der Waals surface area contributed by atoms with E-state index in [1.807, 2.05) is 19.9 Å². The van der Waals surface area contributed by atoms with E-state index in [1.54, 1.807) is 12.1 Å². The second-order valence-corrected chi connectivity index (χ2v) is 5.71. The number of nitriles is 1. The quantitative estimate of drug-likeness (QED) is 0.773. The zero-order chi connectivity index (χ0) is 13.8. The van der Waals surface area contributed by atoms with E-state index in [2.05, 4.69) is 22.0 Å². The average Bonchev–Trinajstić information content (AvgIpc) is 2.30. The topological polar surface area (TPSA) is 50.1 Å². The number of rotatable bonds is 5. The summed E-state index contributed by atoms with van der Waals surface area (Å²) in [5.41, 5.74) is 0.144. The van der Waals surface area contributed by atoms with Crippen molar-refractivity contribution in [3.8, 4) is 11.8 Å². The predicted octanol–water partition coefficient (Wildman–Crippen LogP) is 3.97. The number of carbonyl (C=O) groups excluding carboxylic acids is 1. The van der Waals surface area contributed by atoms with Crippen LogP contribution in [0.1, 0.15) is 37.6 Å². The SMILES string of the molecule is CC(=O)c1cc(Br)ccc1OCCC(C)(C)C#N. The first-order chi connectivity index (χ1) is 8.35. The Morgan fingerprint density at radius 3 is 2.72 bits per heavy atom. The van der Waals surface area contributed by atoms with Crippen molar-refractivity contribution in [2.45, 2.75) is 27.2 Å². The van der Waals surface area contributed by atoms with Crippen LogP contribution in [0.4, 0.5) is 0 Å². The van der Waals surface area contributed by atoms with Crippen molar-refractivity contribution < 1.29 is 9.53 Å². The summed E-state index contributed by atoms with van der Waals surface area (Å²) < 4.78 is 6.44. The highest BCUT2D eigenvalue weighted by Crippen LogP contribution is 2.25. The molecule has 0 aliphatic carbocycles. The maximum Gasteiger partial charge on any atom is 0.163 e. The second kappa shape index (κ2) is 6.01. The first-order valence-corrected chi connectivity index (χ1v) is 6.49. The van der Waals surface area contributed by atoms with Crippen LogP contribution in [0.2, 0.25) is 0 Å². The first-order valence-electron chi connectivity index (χ1n) is 5.70. The average molecular weight is 310 g/mol. The Hall–Kier alpha value is -1.34. The molecule has 0 bridgehead atoms. The lowest BCUT2D eigenvalue weighted by atomic mass is 9.92. The van der Waals surface area contributed by atoms with Gasteiger partial charge in [-0.25, -0.2) is 0 Å². The summed E-state index contributed by atoms with van der Waals surface area (Å²) in [5.74, 6) is 0.533. The first kappa shape index (κ1) is 14.7. The predicted molar refractivity (Wildman–Crippen MR) is 73.7 cm³/mol. The molecule has 0 saturated carbocycles. The molecular formula is C14H16BrNO2. The number of carbonyl (C=O) groups is 1. The number of hydrogen-bond acceptors (Lipinski definition) is 3. The molecule has 0 N–H and O–H groups in total. The van der Waals surface area contributed by atoms with E-state index < -0.39 is 5.41 Å². The summed E-state index contributed by atoms with van der Waals surface area (Å²) in [5, 5.41) is 8.90. The summed E-state index contributed by atoms with van der Waals surface area (Å²) in [6.07, 6.45) is 0.622. The molecular weight excluding hydrogens is 294 g/mol. The Bertz CT molecular complexity index is 489. The molecule has 18 heavy (non-hydrogen) atoms. The minimum Gasteiger partial charge on any atom is -0.493 e. The fraction of sp³-hybridized carbons (Fsp3) is 0.429. The van der Waals surface area contributed by atoms with Crippen LogP contribution in [0.15, 0.2) is 22.7 Å². The van der Waals surface area contributed by atoms with Crippen molar-refractivity contribution >= 4 is 21.7 Å². The normalized spacial score (nSPS) is 10.8. The molecule has 4 heteroatoms. The molecule has 0 spiro atoms. The van der Waals surface area contributed by atoms with Crippen molar-refractivity contribution in [2.24, 2.45) is 5.41 Å². The van der Waals surface area contributed by atoms with E-state index >= 15 is 0 Å². The number of halogens is 1. The summed E-state index contributed by atoms with van der Waals surface area (Å²) in [4.78, 5) is 11.5. The van der Waals surface area contributed by atoms with Crippen molar-refractivity contribution in [3.05, 3.63) is 28.2 Å². The number of benzene rings is 1.